The maximum absolute atomic E-state index is 12.8. The van der Waals surface area contributed by atoms with Crippen LogP contribution in [0.2, 0.25) is 0 Å². The summed E-state index contributed by atoms with van der Waals surface area (Å²) in [6.07, 6.45) is -1.26. The summed E-state index contributed by atoms with van der Waals surface area (Å²) in [6, 6.07) is 4.83. The van der Waals surface area contributed by atoms with Gasteiger partial charge in [0.2, 0.25) is 11.7 Å². The van der Waals surface area contributed by atoms with E-state index in [1.54, 1.807) is 0 Å². The molecular formula is C18H22F3N5O. The summed E-state index contributed by atoms with van der Waals surface area (Å²) in [7, 11) is 0. The van der Waals surface area contributed by atoms with Crippen molar-refractivity contribution in [2.75, 3.05) is 0 Å². The van der Waals surface area contributed by atoms with Crippen LogP contribution in [0.15, 0.2) is 24.3 Å². The number of carbonyl (C=O) groups is 1. The first kappa shape index (κ1) is 19.3. The molecule has 1 saturated carbocycles. The van der Waals surface area contributed by atoms with Crippen molar-refractivity contribution in [3.8, 4) is 11.4 Å². The van der Waals surface area contributed by atoms with Crippen molar-refractivity contribution >= 4 is 5.91 Å². The van der Waals surface area contributed by atoms with Crippen LogP contribution in [0.3, 0.4) is 0 Å². The Morgan fingerprint density at radius 1 is 1.30 bits per heavy atom. The molecule has 6 nitrogen and oxygen atoms in total. The van der Waals surface area contributed by atoms with E-state index in [1.165, 1.54) is 18.6 Å². The summed E-state index contributed by atoms with van der Waals surface area (Å²) in [6.45, 7) is 4.20. The quantitative estimate of drug-likeness (QED) is 0.882. The van der Waals surface area contributed by atoms with Crippen LogP contribution in [0.25, 0.3) is 11.4 Å². The molecule has 1 heterocycles. The summed E-state index contributed by atoms with van der Waals surface area (Å²) in [5, 5.41) is 14.6. The predicted octanol–water partition coefficient (Wildman–Crippen LogP) is 3.30. The van der Waals surface area contributed by atoms with Crippen LogP contribution in [-0.2, 0) is 17.5 Å². The monoisotopic (exact) mass is 381 g/mol. The lowest BCUT2D eigenvalue weighted by Gasteiger charge is -2.34. The van der Waals surface area contributed by atoms with Crippen LogP contribution in [0.4, 0.5) is 13.2 Å². The Kier molecular flexibility index (Phi) is 5.48. The van der Waals surface area contributed by atoms with Gasteiger partial charge in [0.25, 0.3) is 0 Å². The minimum atomic E-state index is -4.44. The molecule has 0 unspecified atom stereocenters. The van der Waals surface area contributed by atoms with Crippen molar-refractivity contribution in [1.82, 2.24) is 25.5 Å². The zero-order valence-electron chi connectivity index (χ0n) is 15.2. The average Bonchev–Trinajstić information content (AvgIpc) is 3.07. The fourth-order valence-corrected chi connectivity index (χ4v) is 3.43. The van der Waals surface area contributed by atoms with Crippen LogP contribution in [0.5, 0.6) is 0 Å². The predicted molar refractivity (Wildman–Crippen MR) is 92.4 cm³/mol. The number of hydrogen-bond acceptors (Lipinski definition) is 4. The smallest absolute Gasteiger partial charge is 0.351 e. The molecule has 0 spiro atoms. The SMILES string of the molecule is C[C@@H]1[C@@H](C)CCC[C@H]1NC(=O)Cn1nnc(-c2cccc(C(F)(F)F)c2)n1. The fraction of sp³-hybridized carbons (Fsp3) is 0.556. The minimum Gasteiger partial charge on any atom is -0.351 e. The first-order chi connectivity index (χ1) is 12.7. The summed E-state index contributed by atoms with van der Waals surface area (Å²) in [5.74, 6) is 0.774. The van der Waals surface area contributed by atoms with Crippen molar-refractivity contribution in [1.29, 1.82) is 0 Å². The summed E-state index contributed by atoms with van der Waals surface area (Å²) in [5.41, 5.74) is -0.583. The lowest BCUT2D eigenvalue weighted by atomic mass is 9.78. The molecule has 3 rings (SSSR count). The van der Waals surface area contributed by atoms with Crippen LogP contribution in [0, 0.1) is 11.8 Å². The van der Waals surface area contributed by atoms with Gasteiger partial charge in [0.15, 0.2) is 0 Å². The van der Waals surface area contributed by atoms with E-state index in [9.17, 15) is 18.0 Å². The van der Waals surface area contributed by atoms with Crippen LogP contribution >= 0.6 is 0 Å². The van der Waals surface area contributed by atoms with E-state index in [0.717, 1.165) is 29.8 Å². The third-order valence-corrected chi connectivity index (χ3v) is 5.24. The van der Waals surface area contributed by atoms with Gasteiger partial charge in [0.1, 0.15) is 6.54 Å². The molecule has 0 radical (unpaired) electrons. The van der Waals surface area contributed by atoms with Gasteiger partial charge in [0.05, 0.1) is 5.56 Å². The van der Waals surface area contributed by atoms with Gasteiger partial charge < -0.3 is 5.32 Å². The average molecular weight is 381 g/mol. The standard InChI is InChI=1S/C18H22F3N5O/c1-11-5-3-8-15(12(11)2)22-16(27)10-26-24-17(23-25-26)13-6-4-7-14(9-13)18(19,20)21/h4,6-7,9,11-12,15H,3,5,8,10H2,1-2H3,(H,22,27)/t11-,12+,15+/m0/s1. The summed E-state index contributed by atoms with van der Waals surface area (Å²) in [4.78, 5) is 13.4. The van der Waals surface area contributed by atoms with Gasteiger partial charge >= 0.3 is 6.18 Å². The van der Waals surface area contributed by atoms with Gasteiger partial charge in [-0.25, -0.2) is 0 Å². The molecule has 3 atom stereocenters. The molecule has 1 amide bonds. The van der Waals surface area contributed by atoms with Crippen molar-refractivity contribution in [2.45, 2.75) is 51.9 Å². The maximum atomic E-state index is 12.8. The highest BCUT2D eigenvalue weighted by Gasteiger charge is 2.31. The Balaban J connectivity index is 1.65. The molecule has 0 aliphatic heterocycles. The van der Waals surface area contributed by atoms with E-state index in [4.69, 9.17) is 0 Å². The van der Waals surface area contributed by atoms with Crippen LogP contribution in [-0.4, -0.2) is 32.2 Å². The van der Waals surface area contributed by atoms with Gasteiger partial charge in [0, 0.05) is 11.6 Å². The third-order valence-electron chi connectivity index (χ3n) is 5.24. The van der Waals surface area contributed by atoms with Crippen molar-refractivity contribution in [2.24, 2.45) is 11.8 Å². The fourth-order valence-electron chi connectivity index (χ4n) is 3.43. The number of nitrogens with one attached hydrogen (secondary N) is 1. The molecular weight excluding hydrogens is 359 g/mol. The number of carbonyl (C=O) groups excluding carboxylic acids is 1. The first-order valence-electron chi connectivity index (χ1n) is 8.99. The number of benzene rings is 1. The number of rotatable bonds is 4. The lowest BCUT2D eigenvalue weighted by molar-refractivity contribution is -0.137. The molecule has 1 aliphatic carbocycles. The minimum absolute atomic E-state index is 0.0496. The van der Waals surface area contributed by atoms with E-state index in [-0.39, 0.29) is 29.9 Å². The highest BCUT2D eigenvalue weighted by atomic mass is 19.4. The van der Waals surface area contributed by atoms with Crippen LogP contribution < -0.4 is 5.32 Å². The number of aromatic nitrogens is 4. The van der Waals surface area contributed by atoms with Crippen molar-refractivity contribution < 1.29 is 18.0 Å². The number of hydrogen-bond donors (Lipinski definition) is 1. The normalized spacial score (nSPS) is 23.2. The molecule has 9 heteroatoms. The Bertz CT molecular complexity index is 804. The highest BCUT2D eigenvalue weighted by molar-refractivity contribution is 5.75. The Morgan fingerprint density at radius 3 is 2.81 bits per heavy atom. The Labute approximate surface area is 155 Å². The number of amides is 1. The van der Waals surface area contributed by atoms with E-state index in [1.807, 2.05) is 0 Å². The molecule has 1 aliphatic rings. The Hall–Kier alpha value is -2.45. The van der Waals surface area contributed by atoms with E-state index >= 15 is 0 Å². The molecule has 0 saturated heterocycles. The van der Waals surface area contributed by atoms with Gasteiger partial charge in [-0.05, 0) is 35.6 Å². The van der Waals surface area contributed by atoms with E-state index < -0.39 is 11.7 Å². The second kappa shape index (κ2) is 7.66. The Morgan fingerprint density at radius 2 is 2.07 bits per heavy atom. The number of alkyl halides is 3. The molecule has 0 bridgehead atoms. The van der Waals surface area contributed by atoms with E-state index in [0.29, 0.717) is 11.8 Å². The third kappa shape index (κ3) is 4.64. The topological polar surface area (TPSA) is 72.7 Å². The molecule has 27 heavy (non-hydrogen) atoms. The molecule has 1 N–H and O–H groups in total. The second-order valence-electron chi connectivity index (χ2n) is 7.16. The van der Waals surface area contributed by atoms with Gasteiger partial charge in [-0.15, -0.1) is 10.2 Å². The van der Waals surface area contributed by atoms with Crippen molar-refractivity contribution in [3.63, 3.8) is 0 Å². The van der Waals surface area contributed by atoms with Gasteiger partial charge in [-0.3, -0.25) is 4.79 Å². The van der Waals surface area contributed by atoms with Gasteiger partial charge in [-0.1, -0.05) is 38.8 Å². The first-order valence-corrected chi connectivity index (χ1v) is 8.99. The number of halogens is 3. The van der Waals surface area contributed by atoms with Gasteiger partial charge in [-0.2, -0.15) is 18.0 Å². The summed E-state index contributed by atoms with van der Waals surface area (Å²) >= 11 is 0. The van der Waals surface area contributed by atoms with Crippen LogP contribution in [0.1, 0.15) is 38.7 Å². The number of nitrogens with zero attached hydrogens (tertiary/aromatic N) is 4. The molecule has 1 fully saturated rings. The lowest BCUT2D eigenvalue weighted by Crippen LogP contribution is -2.45. The largest absolute Gasteiger partial charge is 0.416 e. The molecule has 2 aromatic rings. The zero-order chi connectivity index (χ0) is 19.6. The highest BCUT2D eigenvalue weighted by Crippen LogP contribution is 2.31. The number of tetrazole rings is 1. The second-order valence-corrected chi connectivity index (χ2v) is 7.16. The molecule has 1 aromatic carbocycles. The maximum Gasteiger partial charge on any atom is 0.416 e. The molecule has 1 aromatic heterocycles. The zero-order valence-corrected chi connectivity index (χ0v) is 15.2. The molecule has 146 valence electrons. The van der Waals surface area contributed by atoms with E-state index in [2.05, 4.69) is 34.6 Å². The summed E-state index contributed by atoms with van der Waals surface area (Å²) < 4.78 is 38.5. The van der Waals surface area contributed by atoms with Crippen molar-refractivity contribution in [3.05, 3.63) is 29.8 Å².